The summed E-state index contributed by atoms with van der Waals surface area (Å²) in [5, 5.41) is 3.47. The van der Waals surface area contributed by atoms with E-state index in [1.54, 1.807) is 0 Å². The molecule has 0 bridgehead atoms. The van der Waals surface area contributed by atoms with Crippen LogP contribution >= 0.6 is 22.9 Å². The molecule has 0 atom stereocenters. The summed E-state index contributed by atoms with van der Waals surface area (Å²) in [5.41, 5.74) is 2.47. The fraction of sp³-hybridized carbons (Fsp3) is 0.333. The highest BCUT2D eigenvalue weighted by molar-refractivity contribution is 7.11. The smallest absolute Gasteiger partial charge is 0.0474 e. The predicted octanol–water partition coefficient (Wildman–Crippen LogP) is 4.34. The van der Waals surface area contributed by atoms with Crippen LogP contribution in [0.3, 0.4) is 0 Å². The van der Waals surface area contributed by atoms with Crippen LogP contribution in [0.15, 0.2) is 36.4 Å². The molecule has 1 N–H and O–H groups in total. The summed E-state index contributed by atoms with van der Waals surface area (Å²) in [6.45, 7) is 4.03. The Morgan fingerprint density at radius 1 is 1.06 bits per heavy atom. The van der Waals surface area contributed by atoms with Crippen molar-refractivity contribution in [3.63, 3.8) is 0 Å². The van der Waals surface area contributed by atoms with E-state index in [1.165, 1.54) is 20.9 Å². The molecule has 0 amide bonds. The van der Waals surface area contributed by atoms with Crippen LogP contribution in [0.2, 0.25) is 0 Å². The molecule has 2 rings (SSSR count). The van der Waals surface area contributed by atoms with Crippen molar-refractivity contribution in [3.8, 4) is 0 Å². The maximum atomic E-state index is 5.83. The summed E-state index contributed by atoms with van der Waals surface area (Å²) in [4.78, 5) is 2.86. The number of halogens is 1. The quantitative estimate of drug-likeness (QED) is 0.776. The molecule has 0 saturated heterocycles. The molecular formula is C15H18ClNS. The second-order valence-corrected chi connectivity index (χ2v) is 5.80. The average Bonchev–Trinajstić information content (AvgIpc) is 2.87. The Balaban J connectivity index is 1.84. The maximum Gasteiger partial charge on any atom is 0.0474 e. The van der Waals surface area contributed by atoms with Gasteiger partial charge in [-0.1, -0.05) is 31.2 Å². The summed E-state index contributed by atoms with van der Waals surface area (Å²) < 4.78 is 0. The third-order valence-electron chi connectivity index (χ3n) is 2.84. The first-order valence-electron chi connectivity index (χ1n) is 6.24. The molecule has 2 aromatic rings. The van der Waals surface area contributed by atoms with Crippen LogP contribution in [-0.2, 0) is 25.4 Å². The number of nitrogens with one attached hydrogen (secondary N) is 1. The molecule has 18 heavy (non-hydrogen) atoms. The number of rotatable bonds is 6. The van der Waals surface area contributed by atoms with Crippen LogP contribution in [0.5, 0.6) is 0 Å². The van der Waals surface area contributed by atoms with Gasteiger partial charge in [0, 0.05) is 28.7 Å². The molecule has 3 heteroatoms. The van der Waals surface area contributed by atoms with Gasteiger partial charge >= 0.3 is 0 Å². The fourth-order valence-electron chi connectivity index (χ4n) is 1.86. The van der Waals surface area contributed by atoms with E-state index >= 15 is 0 Å². The number of aryl methyl sites for hydroxylation is 1. The van der Waals surface area contributed by atoms with Gasteiger partial charge in [-0.3, -0.25) is 0 Å². The van der Waals surface area contributed by atoms with Crippen molar-refractivity contribution in [2.45, 2.75) is 32.3 Å². The Labute approximate surface area is 118 Å². The van der Waals surface area contributed by atoms with Crippen molar-refractivity contribution in [1.82, 2.24) is 5.32 Å². The molecule has 1 heterocycles. The molecule has 1 aromatic heterocycles. The zero-order valence-corrected chi connectivity index (χ0v) is 12.2. The Morgan fingerprint density at radius 2 is 1.83 bits per heavy atom. The lowest BCUT2D eigenvalue weighted by Crippen LogP contribution is -2.11. The first kappa shape index (κ1) is 13.6. The zero-order chi connectivity index (χ0) is 12.8. The van der Waals surface area contributed by atoms with E-state index in [0.29, 0.717) is 5.88 Å². The largest absolute Gasteiger partial charge is 0.308 e. The molecule has 0 radical (unpaired) electrons. The molecule has 0 aliphatic rings. The van der Waals surface area contributed by atoms with Gasteiger partial charge < -0.3 is 5.32 Å². The summed E-state index contributed by atoms with van der Waals surface area (Å²) in [6.07, 6.45) is 1.13. The number of thiophene rings is 1. The number of benzene rings is 1. The second-order valence-electron chi connectivity index (χ2n) is 4.28. The highest BCUT2D eigenvalue weighted by Gasteiger charge is 1.99. The molecule has 0 spiro atoms. The Bertz CT molecular complexity index is 493. The SMILES string of the molecule is CCc1ccc(CNCc2cccc(CCl)c2)s1. The van der Waals surface area contributed by atoms with Gasteiger partial charge in [0.1, 0.15) is 0 Å². The third kappa shape index (κ3) is 3.84. The van der Waals surface area contributed by atoms with E-state index in [-0.39, 0.29) is 0 Å². The summed E-state index contributed by atoms with van der Waals surface area (Å²) in [7, 11) is 0. The molecule has 0 saturated carbocycles. The Morgan fingerprint density at radius 3 is 2.56 bits per heavy atom. The van der Waals surface area contributed by atoms with Crippen molar-refractivity contribution >= 4 is 22.9 Å². The van der Waals surface area contributed by atoms with Crippen LogP contribution in [0.4, 0.5) is 0 Å². The van der Waals surface area contributed by atoms with E-state index < -0.39 is 0 Å². The van der Waals surface area contributed by atoms with Gasteiger partial charge in [-0.2, -0.15) is 0 Å². The van der Waals surface area contributed by atoms with Crippen molar-refractivity contribution in [2.24, 2.45) is 0 Å². The predicted molar refractivity (Wildman–Crippen MR) is 80.2 cm³/mol. The van der Waals surface area contributed by atoms with Crippen molar-refractivity contribution in [3.05, 3.63) is 57.3 Å². The van der Waals surface area contributed by atoms with E-state index in [0.717, 1.165) is 19.5 Å². The molecular weight excluding hydrogens is 262 g/mol. The van der Waals surface area contributed by atoms with Gasteiger partial charge in [0.15, 0.2) is 0 Å². The van der Waals surface area contributed by atoms with Gasteiger partial charge in [-0.15, -0.1) is 22.9 Å². The minimum atomic E-state index is 0.582. The van der Waals surface area contributed by atoms with Crippen molar-refractivity contribution < 1.29 is 0 Å². The van der Waals surface area contributed by atoms with Gasteiger partial charge in [-0.25, -0.2) is 0 Å². The normalized spacial score (nSPS) is 10.8. The molecule has 1 aromatic carbocycles. The van der Waals surface area contributed by atoms with E-state index in [4.69, 9.17) is 11.6 Å². The summed E-state index contributed by atoms with van der Waals surface area (Å²) in [6, 6.07) is 12.8. The molecule has 0 unspecified atom stereocenters. The first-order valence-corrected chi connectivity index (χ1v) is 7.59. The molecule has 1 nitrogen and oxygen atoms in total. The van der Waals surface area contributed by atoms with E-state index in [9.17, 15) is 0 Å². The van der Waals surface area contributed by atoms with E-state index in [2.05, 4.69) is 48.6 Å². The monoisotopic (exact) mass is 279 g/mol. The van der Waals surface area contributed by atoms with Crippen molar-refractivity contribution in [2.75, 3.05) is 0 Å². The minimum Gasteiger partial charge on any atom is -0.308 e. The summed E-state index contributed by atoms with van der Waals surface area (Å²) in [5.74, 6) is 0.582. The fourth-order valence-corrected chi connectivity index (χ4v) is 2.95. The van der Waals surface area contributed by atoms with Gasteiger partial charge in [-0.05, 0) is 29.7 Å². The number of alkyl halides is 1. The van der Waals surface area contributed by atoms with Crippen LogP contribution in [0, 0.1) is 0 Å². The Kier molecular flexibility index (Phi) is 5.24. The van der Waals surface area contributed by atoms with Crippen molar-refractivity contribution in [1.29, 1.82) is 0 Å². The zero-order valence-electron chi connectivity index (χ0n) is 10.6. The van der Waals surface area contributed by atoms with Crippen LogP contribution in [0.25, 0.3) is 0 Å². The third-order valence-corrected chi connectivity index (χ3v) is 4.38. The molecule has 0 aliphatic carbocycles. The summed E-state index contributed by atoms with van der Waals surface area (Å²) >= 11 is 7.72. The van der Waals surface area contributed by atoms with Gasteiger partial charge in [0.05, 0.1) is 0 Å². The van der Waals surface area contributed by atoms with Gasteiger partial charge in [0.25, 0.3) is 0 Å². The highest BCUT2D eigenvalue weighted by atomic mass is 35.5. The van der Waals surface area contributed by atoms with Crippen LogP contribution in [0.1, 0.15) is 27.8 Å². The second kappa shape index (κ2) is 6.93. The topological polar surface area (TPSA) is 12.0 Å². The molecule has 0 fully saturated rings. The highest BCUT2D eigenvalue weighted by Crippen LogP contribution is 2.16. The van der Waals surface area contributed by atoms with Gasteiger partial charge in [0.2, 0.25) is 0 Å². The van der Waals surface area contributed by atoms with E-state index in [1.807, 2.05) is 11.3 Å². The number of hydrogen-bond donors (Lipinski definition) is 1. The lowest BCUT2D eigenvalue weighted by Gasteiger charge is -2.05. The lowest BCUT2D eigenvalue weighted by atomic mass is 10.1. The minimum absolute atomic E-state index is 0.582. The molecule has 96 valence electrons. The van der Waals surface area contributed by atoms with Crippen LogP contribution < -0.4 is 5.32 Å². The average molecular weight is 280 g/mol. The lowest BCUT2D eigenvalue weighted by molar-refractivity contribution is 0.700. The standard InChI is InChI=1S/C15H18ClNS/c1-2-14-6-7-15(18-14)11-17-10-13-5-3-4-12(8-13)9-16/h3-8,17H,2,9-11H2,1H3. The molecule has 0 aliphatic heterocycles. The number of hydrogen-bond acceptors (Lipinski definition) is 2. The first-order chi connectivity index (χ1) is 8.81. The Hall–Kier alpha value is -0.830. The van der Waals surface area contributed by atoms with Crippen LogP contribution in [-0.4, -0.2) is 0 Å². The maximum absolute atomic E-state index is 5.83.